The van der Waals surface area contributed by atoms with Crippen molar-refractivity contribution in [3.05, 3.63) is 0 Å². The summed E-state index contributed by atoms with van der Waals surface area (Å²) in [5.74, 6) is 0.281. The average molecular weight is 355 g/mol. The lowest BCUT2D eigenvalue weighted by atomic mass is 9.67. The summed E-state index contributed by atoms with van der Waals surface area (Å²) >= 11 is 0. The van der Waals surface area contributed by atoms with E-state index < -0.39 is 17.0 Å². The van der Waals surface area contributed by atoms with Crippen LogP contribution in [0.2, 0.25) is 0 Å². The van der Waals surface area contributed by atoms with Crippen LogP contribution in [0.4, 0.5) is 0 Å². The van der Waals surface area contributed by atoms with Crippen molar-refractivity contribution in [3.8, 4) is 0 Å². The van der Waals surface area contributed by atoms with Crippen LogP contribution >= 0.6 is 0 Å². The maximum Gasteiger partial charge on any atom is 0.344 e. The van der Waals surface area contributed by atoms with Crippen molar-refractivity contribution in [2.75, 3.05) is 6.61 Å². The molecule has 1 aliphatic rings. The van der Waals surface area contributed by atoms with E-state index in [1.807, 2.05) is 34.6 Å². The standard InChI is InChI=1S/C21H38O4/c1-9-20(5,6)18(23)24-14-17(22)25-21(7,8)16-12-10-15(11-13-16)19(2,3)4/h15-16H,9-14H2,1-8H3. The molecule has 1 aliphatic carbocycles. The summed E-state index contributed by atoms with van der Waals surface area (Å²) in [6.45, 7) is 16.1. The van der Waals surface area contributed by atoms with E-state index in [2.05, 4.69) is 20.8 Å². The molecule has 0 aromatic heterocycles. The first-order valence-electron chi connectivity index (χ1n) is 9.68. The van der Waals surface area contributed by atoms with Gasteiger partial charge in [0, 0.05) is 0 Å². The van der Waals surface area contributed by atoms with Crippen molar-refractivity contribution in [3.63, 3.8) is 0 Å². The van der Waals surface area contributed by atoms with Crippen LogP contribution in [0.25, 0.3) is 0 Å². The van der Waals surface area contributed by atoms with Gasteiger partial charge < -0.3 is 9.47 Å². The van der Waals surface area contributed by atoms with Gasteiger partial charge in [-0.2, -0.15) is 0 Å². The second kappa shape index (κ2) is 8.09. The van der Waals surface area contributed by atoms with Gasteiger partial charge in [0.2, 0.25) is 0 Å². The zero-order valence-electron chi connectivity index (χ0n) is 17.5. The Morgan fingerprint density at radius 2 is 1.36 bits per heavy atom. The molecule has 0 unspecified atom stereocenters. The summed E-state index contributed by atoms with van der Waals surface area (Å²) in [7, 11) is 0. The highest BCUT2D eigenvalue weighted by Crippen LogP contribution is 2.43. The molecule has 0 saturated heterocycles. The number of esters is 2. The molecule has 146 valence electrons. The van der Waals surface area contributed by atoms with Crippen LogP contribution in [0, 0.1) is 22.7 Å². The molecule has 1 saturated carbocycles. The Bertz CT molecular complexity index is 463. The SMILES string of the molecule is CCC(C)(C)C(=O)OCC(=O)OC(C)(C)C1CCC(C(C)(C)C)CC1. The minimum atomic E-state index is -0.568. The minimum absolute atomic E-state index is 0.303. The van der Waals surface area contributed by atoms with Gasteiger partial charge >= 0.3 is 11.9 Å². The lowest BCUT2D eigenvalue weighted by Gasteiger charge is -2.42. The first-order valence-corrected chi connectivity index (χ1v) is 9.68. The Morgan fingerprint density at radius 3 is 1.80 bits per heavy atom. The molecule has 0 amide bonds. The summed E-state index contributed by atoms with van der Waals surface area (Å²) < 4.78 is 10.8. The van der Waals surface area contributed by atoms with Crippen LogP contribution in [0.15, 0.2) is 0 Å². The molecule has 0 N–H and O–H groups in total. The normalized spacial score (nSPS) is 22.4. The van der Waals surface area contributed by atoms with E-state index in [9.17, 15) is 9.59 Å². The Kier molecular flexibility index (Phi) is 7.12. The van der Waals surface area contributed by atoms with E-state index in [-0.39, 0.29) is 12.6 Å². The lowest BCUT2D eigenvalue weighted by Crippen LogP contribution is -2.41. The van der Waals surface area contributed by atoms with Gasteiger partial charge in [-0.05, 0) is 77.0 Å². The zero-order valence-corrected chi connectivity index (χ0v) is 17.5. The van der Waals surface area contributed by atoms with Crippen LogP contribution in [0.5, 0.6) is 0 Å². The summed E-state index contributed by atoms with van der Waals surface area (Å²) in [4.78, 5) is 24.1. The Labute approximate surface area is 154 Å². The van der Waals surface area contributed by atoms with Crippen LogP contribution in [-0.4, -0.2) is 24.1 Å². The van der Waals surface area contributed by atoms with Gasteiger partial charge in [0.1, 0.15) is 5.60 Å². The van der Waals surface area contributed by atoms with Crippen molar-refractivity contribution in [2.24, 2.45) is 22.7 Å². The Balaban J connectivity index is 2.50. The molecule has 0 bridgehead atoms. The maximum atomic E-state index is 12.1. The van der Waals surface area contributed by atoms with Crippen LogP contribution < -0.4 is 0 Å². The summed E-state index contributed by atoms with van der Waals surface area (Å²) in [6, 6.07) is 0. The number of rotatable bonds is 6. The van der Waals surface area contributed by atoms with Gasteiger partial charge in [-0.1, -0.05) is 27.7 Å². The van der Waals surface area contributed by atoms with Gasteiger partial charge in [0.05, 0.1) is 5.41 Å². The Morgan fingerprint density at radius 1 is 0.880 bits per heavy atom. The molecule has 4 nitrogen and oxygen atoms in total. The van der Waals surface area contributed by atoms with Gasteiger partial charge in [0.25, 0.3) is 0 Å². The highest BCUT2D eigenvalue weighted by molar-refractivity contribution is 5.79. The molecule has 0 spiro atoms. The van der Waals surface area contributed by atoms with E-state index in [1.54, 1.807) is 0 Å². The molecule has 0 aromatic carbocycles. The van der Waals surface area contributed by atoms with Gasteiger partial charge in [0.15, 0.2) is 6.61 Å². The molecule has 0 aliphatic heterocycles. The largest absolute Gasteiger partial charge is 0.457 e. The molecule has 0 atom stereocenters. The fourth-order valence-corrected chi connectivity index (χ4v) is 3.53. The molecule has 1 fully saturated rings. The van der Waals surface area contributed by atoms with Gasteiger partial charge in [-0.15, -0.1) is 0 Å². The highest BCUT2D eigenvalue weighted by Gasteiger charge is 2.39. The van der Waals surface area contributed by atoms with Crippen molar-refractivity contribution in [1.29, 1.82) is 0 Å². The molecule has 0 radical (unpaired) electrons. The van der Waals surface area contributed by atoms with Gasteiger partial charge in [-0.25, -0.2) is 4.79 Å². The van der Waals surface area contributed by atoms with E-state index in [0.717, 1.165) is 18.8 Å². The monoisotopic (exact) mass is 354 g/mol. The first kappa shape index (κ1) is 22.0. The number of ether oxygens (including phenoxy) is 2. The first-order chi connectivity index (χ1) is 11.3. The van der Waals surface area contributed by atoms with Crippen LogP contribution in [-0.2, 0) is 19.1 Å². The number of carbonyl (C=O) groups excluding carboxylic acids is 2. The molecular weight excluding hydrogens is 316 g/mol. The van der Waals surface area contributed by atoms with E-state index in [4.69, 9.17) is 9.47 Å². The van der Waals surface area contributed by atoms with E-state index in [0.29, 0.717) is 17.8 Å². The number of carbonyl (C=O) groups is 2. The lowest BCUT2D eigenvalue weighted by molar-refractivity contribution is -0.176. The van der Waals surface area contributed by atoms with E-state index in [1.165, 1.54) is 12.8 Å². The smallest absolute Gasteiger partial charge is 0.344 e. The molecule has 1 rings (SSSR count). The second-order valence-corrected chi connectivity index (χ2v) is 9.81. The maximum absolute atomic E-state index is 12.1. The fourth-order valence-electron chi connectivity index (χ4n) is 3.53. The highest BCUT2D eigenvalue weighted by atomic mass is 16.6. The molecule has 25 heavy (non-hydrogen) atoms. The van der Waals surface area contributed by atoms with Gasteiger partial charge in [-0.3, -0.25) is 4.79 Å². The third-order valence-corrected chi connectivity index (χ3v) is 6.07. The predicted molar refractivity (Wildman–Crippen MR) is 100 cm³/mol. The molecule has 0 heterocycles. The summed E-state index contributed by atoms with van der Waals surface area (Å²) in [5, 5.41) is 0. The average Bonchev–Trinajstić information content (AvgIpc) is 2.51. The van der Waals surface area contributed by atoms with Crippen molar-refractivity contribution < 1.29 is 19.1 Å². The summed E-state index contributed by atoms with van der Waals surface area (Å²) in [6.07, 6.45) is 5.17. The Hall–Kier alpha value is -1.06. The van der Waals surface area contributed by atoms with Crippen molar-refractivity contribution in [1.82, 2.24) is 0 Å². The predicted octanol–water partition coefficient (Wildman–Crippen LogP) is 5.14. The number of hydrogen-bond acceptors (Lipinski definition) is 4. The minimum Gasteiger partial charge on any atom is -0.457 e. The zero-order chi connectivity index (χ0) is 19.5. The van der Waals surface area contributed by atoms with Crippen LogP contribution in [0.3, 0.4) is 0 Å². The quantitative estimate of drug-likeness (QED) is 0.620. The third-order valence-electron chi connectivity index (χ3n) is 6.07. The van der Waals surface area contributed by atoms with Crippen molar-refractivity contribution >= 4 is 11.9 Å². The second-order valence-electron chi connectivity index (χ2n) is 9.81. The fraction of sp³-hybridized carbons (Fsp3) is 0.905. The molecule has 0 aromatic rings. The topological polar surface area (TPSA) is 52.6 Å². The van der Waals surface area contributed by atoms with Crippen molar-refractivity contribution in [2.45, 2.75) is 93.1 Å². The number of hydrogen-bond donors (Lipinski definition) is 0. The van der Waals surface area contributed by atoms with Crippen LogP contribution in [0.1, 0.15) is 87.5 Å². The molecular formula is C21H38O4. The summed E-state index contributed by atoms with van der Waals surface area (Å²) in [5.41, 5.74) is -0.750. The third kappa shape index (κ3) is 6.31. The van der Waals surface area contributed by atoms with E-state index >= 15 is 0 Å². The molecule has 4 heteroatoms.